The van der Waals surface area contributed by atoms with Crippen LogP contribution in [0.5, 0.6) is 5.75 Å². The monoisotopic (exact) mass is 379 g/mol. The molecule has 0 fully saturated rings. The highest BCUT2D eigenvalue weighted by molar-refractivity contribution is 6.39. The van der Waals surface area contributed by atoms with E-state index in [0.29, 0.717) is 11.6 Å². The van der Waals surface area contributed by atoms with Crippen molar-refractivity contribution in [1.82, 2.24) is 9.47 Å². The third-order valence-corrected chi connectivity index (χ3v) is 4.49. The quantitative estimate of drug-likeness (QED) is 0.665. The number of benzene rings is 2. The number of fused-ring (bicyclic) bond motifs is 1. The average molecular weight is 379 g/mol. The standard InChI is InChI=1S/C22H25N3O3/c1-15(2)13-25-11-10-17-12-18(6-9-20(17)25)23-21(27)22(28)24(3)14-16-4-7-19(26)8-5-16/h4-12,15,26H,13-14H2,1-3H3,(H,23,27). The van der Waals surface area contributed by atoms with Crippen molar-refractivity contribution in [3.05, 3.63) is 60.3 Å². The molecular weight excluding hydrogens is 354 g/mol. The Morgan fingerprint density at radius 2 is 1.82 bits per heavy atom. The van der Waals surface area contributed by atoms with Crippen LogP contribution in [0.2, 0.25) is 0 Å². The molecule has 0 bridgehead atoms. The molecule has 2 N–H and O–H groups in total. The zero-order valence-electron chi connectivity index (χ0n) is 16.3. The SMILES string of the molecule is CC(C)Cn1ccc2cc(NC(=O)C(=O)N(C)Cc3ccc(O)cc3)ccc21. The Balaban J connectivity index is 1.66. The Bertz CT molecular complexity index is 990. The second-order valence-electron chi connectivity index (χ2n) is 7.42. The van der Waals surface area contributed by atoms with Crippen LogP contribution in [-0.4, -0.2) is 33.4 Å². The van der Waals surface area contributed by atoms with E-state index in [9.17, 15) is 14.7 Å². The highest BCUT2D eigenvalue weighted by Crippen LogP contribution is 2.21. The largest absolute Gasteiger partial charge is 0.508 e. The minimum absolute atomic E-state index is 0.160. The number of hydrogen-bond donors (Lipinski definition) is 2. The molecule has 28 heavy (non-hydrogen) atoms. The van der Waals surface area contributed by atoms with E-state index < -0.39 is 11.8 Å². The molecular formula is C22H25N3O3. The van der Waals surface area contributed by atoms with Gasteiger partial charge in [-0.1, -0.05) is 26.0 Å². The second-order valence-corrected chi connectivity index (χ2v) is 7.42. The number of aromatic hydroxyl groups is 1. The minimum atomic E-state index is -0.678. The number of phenolic OH excluding ortho intramolecular Hbond substituents is 1. The van der Waals surface area contributed by atoms with Crippen LogP contribution in [0.4, 0.5) is 5.69 Å². The summed E-state index contributed by atoms with van der Waals surface area (Å²) in [4.78, 5) is 26.1. The Hall–Kier alpha value is -3.28. The lowest BCUT2D eigenvalue weighted by Crippen LogP contribution is -2.36. The van der Waals surface area contributed by atoms with E-state index in [1.165, 1.54) is 4.90 Å². The highest BCUT2D eigenvalue weighted by Gasteiger charge is 2.19. The number of likely N-dealkylation sites (N-methyl/N-ethyl adjacent to an activating group) is 1. The van der Waals surface area contributed by atoms with E-state index in [1.807, 2.05) is 30.5 Å². The molecule has 2 amide bonds. The van der Waals surface area contributed by atoms with Crippen LogP contribution in [0.25, 0.3) is 10.9 Å². The number of hydrogen-bond acceptors (Lipinski definition) is 3. The molecule has 3 aromatic rings. The predicted octanol–water partition coefficient (Wildman–Crippen LogP) is 3.60. The van der Waals surface area contributed by atoms with Crippen molar-refractivity contribution in [1.29, 1.82) is 0 Å². The second kappa shape index (κ2) is 8.17. The van der Waals surface area contributed by atoms with Gasteiger partial charge in [-0.3, -0.25) is 9.59 Å². The summed E-state index contributed by atoms with van der Waals surface area (Å²) in [5.41, 5.74) is 2.52. The zero-order chi connectivity index (χ0) is 20.3. The maximum Gasteiger partial charge on any atom is 0.313 e. The first-order chi connectivity index (χ1) is 13.3. The Morgan fingerprint density at radius 3 is 2.50 bits per heavy atom. The van der Waals surface area contributed by atoms with Gasteiger partial charge in [-0.15, -0.1) is 0 Å². The number of carbonyl (C=O) groups excluding carboxylic acids is 2. The topological polar surface area (TPSA) is 74.6 Å². The molecule has 0 radical (unpaired) electrons. The lowest BCUT2D eigenvalue weighted by Gasteiger charge is -2.17. The first kappa shape index (κ1) is 19.5. The van der Waals surface area contributed by atoms with E-state index >= 15 is 0 Å². The van der Waals surface area contributed by atoms with Gasteiger partial charge >= 0.3 is 11.8 Å². The van der Waals surface area contributed by atoms with Crippen LogP contribution in [0.3, 0.4) is 0 Å². The molecule has 6 heteroatoms. The van der Waals surface area contributed by atoms with Gasteiger partial charge in [0.05, 0.1) is 0 Å². The average Bonchev–Trinajstić information content (AvgIpc) is 3.04. The van der Waals surface area contributed by atoms with Crippen molar-refractivity contribution in [3.8, 4) is 5.75 Å². The summed E-state index contributed by atoms with van der Waals surface area (Å²) >= 11 is 0. The summed E-state index contributed by atoms with van der Waals surface area (Å²) in [6, 6.07) is 14.2. The van der Waals surface area contributed by atoms with Gasteiger partial charge in [0.2, 0.25) is 0 Å². The number of nitrogens with zero attached hydrogens (tertiary/aromatic N) is 2. The molecule has 0 aliphatic rings. The summed E-state index contributed by atoms with van der Waals surface area (Å²) in [5.74, 6) is -0.599. The zero-order valence-corrected chi connectivity index (χ0v) is 16.3. The van der Waals surface area contributed by atoms with Crippen molar-refractivity contribution in [2.75, 3.05) is 12.4 Å². The van der Waals surface area contributed by atoms with Crippen LogP contribution in [0.15, 0.2) is 54.7 Å². The van der Waals surface area contributed by atoms with Crippen LogP contribution < -0.4 is 5.32 Å². The summed E-state index contributed by atoms with van der Waals surface area (Å²) < 4.78 is 2.18. The van der Waals surface area contributed by atoms with Crippen molar-refractivity contribution >= 4 is 28.4 Å². The first-order valence-electron chi connectivity index (χ1n) is 9.26. The molecule has 1 aromatic heterocycles. The summed E-state index contributed by atoms with van der Waals surface area (Å²) in [6.45, 7) is 5.54. The molecule has 0 aliphatic carbocycles. The number of phenols is 1. The molecule has 0 saturated heterocycles. The fourth-order valence-corrected chi connectivity index (χ4v) is 3.14. The number of amides is 2. The van der Waals surface area contributed by atoms with E-state index in [1.54, 1.807) is 31.3 Å². The van der Waals surface area contributed by atoms with Crippen LogP contribution in [0, 0.1) is 5.92 Å². The number of anilines is 1. The van der Waals surface area contributed by atoms with Gasteiger partial charge in [-0.05, 0) is 47.9 Å². The third kappa shape index (κ3) is 4.52. The maximum atomic E-state index is 12.4. The van der Waals surface area contributed by atoms with Crippen LogP contribution in [0.1, 0.15) is 19.4 Å². The van der Waals surface area contributed by atoms with E-state index in [2.05, 4.69) is 23.7 Å². The van der Waals surface area contributed by atoms with Crippen molar-refractivity contribution in [2.24, 2.45) is 5.92 Å². The van der Waals surface area contributed by atoms with E-state index in [4.69, 9.17) is 0 Å². The lowest BCUT2D eigenvalue weighted by molar-refractivity contribution is -0.142. The number of rotatable bonds is 5. The van der Waals surface area contributed by atoms with Gasteiger partial charge < -0.3 is 19.9 Å². The van der Waals surface area contributed by atoms with Crippen molar-refractivity contribution < 1.29 is 14.7 Å². The molecule has 2 aromatic carbocycles. The molecule has 0 aliphatic heterocycles. The first-order valence-corrected chi connectivity index (χ1v) is 9.26. The molecule has 0 unspecified atom stereocenters. The molecule has 1 heterocycles. The van der Waals surface area contributed by atoms with Gasteiger partial charge in [0.1, 0.15) is 5.75 Å². The Labute approximate surface area is 164 Å². The van der Waals surface area contributed by atoms with Gasteiger partial charge in [-0.25, -0.2) is 0 Å². The molecule has 0 spiro atoms. The van der Waals surface area contributed by atoms with Gasteiger partial charge in [0.15, 0.2) is 0 Å². The Kier molecular flexibility index (Phi) is 5.68. The van der Waals surface area contributed by atoms with Gasteiger partial charge in [0.25, 0.3) is 0 Å². The molecule has 146 valence electrons. The molecule has 0 saturated carbocycles. The maximum absolute atomic E-state index is 12.4. The smallest absolute Gasteiger partial charge is 0.313 e. The number of aromatic nitrogens is 1. The predicted molar refractivity (Wildman–Crippen MR) is 110 cm³/mol. The number of nitrogens with one attached hydrogen (secondary N) is 1. The van der Waals surface area contributed by atoms with E-state index in [-0.39, 0.29) is 12.3 Å². The Morgan fingerprint density at radius 1 is 1.11 bits per heavy atom. The molecule has 6 nitrogen and oxygen atoms in total. The normalized spacial score (nSPS) is 11.0. The summed E-state index contributed by atoms with van der Waals surface area (Å²) in [6.07, 6.45) is 2.03. The van der Waals surface area contributed by atoms with Crippen LogP contribution in [-0.2, 0) is 22.7 Å². The van der Waals surface area contributed by atoms with Crippen LogP contribution >= 0.6 is 0 Å². The highest BCUT2D eigenvalue weighted by atomic mass is 16.3. The minimum Gasteiger partial charge on any atom is -0.508 e. The third-order valence-electron chi connectivity index (χ3n) is 4.49. The fraction of sp³-hybridized carbons (Fsp3) is 0.273. The van der Waals surface area contributed by atoms with E-state index in [0.717, 1.165) is 23.0 Å². The fourth-order valence-electron chi connectivity index (χ4n) is 3.14. The molecule has 0 atom stereocenters. The number of carbonyl (C=O) groups is 2. The lowest BCUT2D eigenvalue weighted by atomic mass is 10.2. The molecule has 3 rings (SSSR count). The van der Waals surface area contributed by atoms with Gasteiger partial charge in [-0.2, -0.15) is 0 Å². The summed E-state index contributed by atoms with van der Waals surface area (Å²) in [7, 11) is 1.57. The van der Waals surface area contributed by atoms with Crippen molar-refractivity contribution in [3.63, 3.8) is 0 Å². The summed E-state index contributed by atoms with van der Waals surface area (Å²) in [5, 5.41) is 13.0. The van der Waals surface area contributed by atoms with Gasteiger partial charge in [0, 0.05) is 42.9 Å². The van der Waals surface area contributed by atoms with Crippen molar-refractivity contribution in [2.45, 2.75) is 26.9 Å².